The van der Waals surface area contributed by atoms with Crippen LogP contribution in [0.15, 0.2) is 24.4 Å². The van der Waals surface area contributed by atoms with Crippen molar-refractivity contribution in [3.05, 3.63) is 30.0 Å². The third kappa shape index (κ3) is 1.54. The first kappa shape index (κ1) is 10.4. The number of para-hydroxylation sites is 1. The lowest BCUT2D eigenvalue weighted by Crippen LogP contribution is -1.99. The van der Waals surface area contributed by atoms with Gasteiger partial charge in [-0.1, -0.05) is 12.1 Å². The minimum atomic E-state index is 0.256. The fourth-order valence-corrected chi connectivity index (χ4v) is 2.36. The van der Waals surface area contributed by atoms with Crippen LogP contribution in [0, 0.1) is 5.92 Å². The van der Waals surface area contributed by atoms with E-state index in [1.165, 1.54) is 0 Å². The van der Waals surface area contributed by atoms with Crippen molar-refractivity contribution >= 4 is 16.7 Å². The Bertz CT molecular complexity index is 594. The van der Waals surface area contributed by atoms with Gasteiger partial charge in [-0.15, -0.1) is 0 Å². The van der Waals surface area contributed by atoms with E-state index in [0.29, 0.717) is 0 Å². The lowest BCUT2D eigenvalue weighted by atomic mass is 10.1. The lowest BCUT2D eigenvalue weighted by molar-refractivity contribution is 0.0969. The van der Waals surface area contributed by atoms with Crippen LogP contribution in [0.5, 0.6) is 5.75 Å². The summed E-state index contributed by atoms with van der Waals surface area (Å²) in [6.45, 7) is 0. The maximum atomic E-state index is 12.2. The molecule has 0 radical (unpaired) electrons. The molecule has 0 N–H and O–H groups in total. The molecular formula is C14H15NO2. The number of carbonyl (C=O) groups excluding carboxylic acids is 1. The van der Waals surface area contributed by atoms with Gasteiger partial charge in [0.2, 0.25) is 0 Å². The third-order valence-electron chi connectivity index (χ3n) is 3.40. The van der Waals surface area contributed by atoms with Gasteiger partial charge in [0.25, 0.3) is 0 Å². The summed E-state index contributed by atoms with van der Waals surface area (Å²) in [6.07, 6.45) is 4.01. The Morgan fingerprint density at radius 3 is 2.82 bits per heavy atom. The van der Waals surface area contributed by atoms with Crippen molar-refractivity contribution in [1.82, 2.24) is 4.57 Å². The standard InChI is InChI=1S/C14H15NO2/c1-15-8-11(14(16)9-6-7-9)10-4-3-5-12(17-2)13(10)15/h3-5,8-9H,6-7H2,1-2H3. The van der Waals surface area contributed by atoms with Gasteiger partial charge in [0.15, 0.2) is 5.78 Å². The zero-order chi connectivity index (χ0) is 12.0. The maximum absolute atomic E-state index is 12.2. The monoisotopic (exact) mass is 229 g/mol. The average Bonchev–Trinajstić information content (AvgIpc) is 3.13. The van der Waals surface area contributed by atoms with Crippen molar-refractivity contribution in [1.29, 1.82) is 0 Å². The van der Waals surface area contributed by atoms with Crippen LogP contribution < -0.4 is 4.74 Å². The van der Waals surface area contributed by atoms with Gasteiger partial charge in [-0.3, -0.25) is 4.79 Å². The number of nitrogens with zero attached hydrogens (tertiary/aromatic N) is 1. The molecule has 3 heteroatoms. The highest BCUT2D eigenvalue weighted by Crippen LogP contribution is 2.36. The largest absolute Gasteiger partial charge is 0.495 e. The SMILES string of the molecule is COc1cccc2c(C(=O)C3CC3)cn(C)c12. The Kier molecular flexibility index (Phi) is 2.21. The Morgan fingerprint density at radius 1 is 1.41 bits per heavy atom. The maximum Gasteiger partial charge on any atom is 0.168 e. The topological polar surface area (TPSA) is 31.2 Å². The summed E-state index contributed by atoms with van der Waals surface area (Å²) in [6, 6.07) is 5.85. The number of hydrogen-bond acceptors (Lipinski definition) is 2. The number of aryl methyl sites for hydroxylation is 1. The number of Topliss-reactive ketones (excluding diaryl/α,β-unsaturated/α-hetero) is 1. The fraction of sp³-hybridized carbons (Fsp3) is 0.357. The second-order valence-electron chi connectivity index (χ2n) is 4.65. The molecule has 0 bridgehead atoms. The van der Waals surface area contributed by atoms with E-state index in [1.807, 2.05) is 36.0 Å². The smallest absolute Gasteiger partial charge is 0.168 e. The second-order valence-corrected chi connectivity index (χ2v) is 4.65. The molecule has 2 aromatic rings. The zero-order valence-electron chi connectivity index (χ0n) is 10.1. The highest BCUT2D eigenvalue weighted by molar-refractivity contribution is 6.10. The van der Waals surface area contributed by atoms with E-state index in [-0.39, 0.29) is 11.7 Å². The summed E-state index contributed by atoms with van der Waals surface area (Å²) in [5.41, 5.74) is 1.84. The average molecular weight is 229 g/mol. The summed E-state index contributed by atoms with van der Waals surface area (Å²) in [5.74, 6) is 1.36. The molecule has 0 saturated heterocycles. The van der Waals surface area contributed by atoms with E-state index in [9.17, 15) is 4.79 Å². The first-order chi connectivity index (χ1) is 8.22. The molecule has 1 fully saturated rings. The molecule has 3 nitrogen and oxygen atoms in total. The predicted octanol–water partition coefficient (Wildman–Crippen LogP) is 2.78. The van der Waals surface area contributed by atoms with Crippen LogP contribution >= 0.6 is 0 Å². The van der Waals surface area contributed by atoms with E-state index in [2.05, 4.69) is 0 Å². The molecule has 0 atom stereocenters. The van der Waals surface area contributed by atoms with Gasteiger partial charge < -0.3 is 9.30 Å². The number of ketones is 1. The third-order valence-corrected chi connectivity index (χ3v) is 3.40. The number of ether oxygens (including phenoxy) is 1. The Morgan fingerprint density at radius 2 is 2.18 bits per heavy atom. The Balaban J connectivity index is 2.23. The van der Waals surface area contributed by atoms with Crippen molar-refractivity contribution in [2.24, 2.45) is 13.0 Å². The quantitative estimate of drug-likeness (QED) is 0.758. The highest BCUT2D eigenvalue weighted by atomic mass is 16.5. The molecule has 1 aromatic carbocycles. The normalized spacial score (nSPS) is 15.2. The van der Waals surface area contributed by atoms with Gasteiger partial charge >= 0.3 is 0 Å². The number of benzene rings is 1. The van der Waals surface area contributed by atoms with Gasteiger partial charge in [-0.05, 0) is 18.9 Å². The number of hydrogen-bond donors (Lipinski definition) is 0. The molecule has 0 spiro atoms. The molecule has 1 aromatic heterocycles. The second kappa shape index (κ2) is 3.62. The predicted molar refractivity (Wildman–Crippen MR) is 66.5 cm³/mol. The minimum absolute atomic E-state index is 0.256. The van der Waals surface area contributed by atoms with E-state index in [1.54, 1.807) is 7.11 Å². The minimum Gasteiger partial charge on any atom is -0.495 e. The molecule has 0 amide bonds. The number of carbonyl (C=O) groups is 1. The summed E-state index contributed by atoms with van der Waals surface area (Å²) in [5, 5.41) is 1.00. The van der Waals surface area contributed by atoms with Crippen LogP contribution in [0.4, 0.5) is 0 Å². The molecule has 0 unspecified atom stereocenters. The summed E-state index contributed by atoms with van der Waals surface area (Å²) in [4.78, 5) is 12.2. The van der Waals surface area contributed by atoms with Gasteiger partial charge in [0.1, 0.15) is 5.75 Å². The first-order valence-corrected chi connectivity index (χ1v) is 5.88. The summed E-state index contributed by atoms with van der Waals surface area (Å²) >= 11 is 0. The molecule has 1 saturated carbocycles. The van der Waals surface area contributed by atoms with E-state index < -0.39 is 0 Å². The molecule has 1 aliphatic rings. The number of methoxy groups -OCH3 is 1. The number of aromatic nitrogens is 1. The first-order valence-electron chi connectivity index (χ1n) is 5.88. The van der Waals surface area contributed by atoms with Crippen LogP contribution in [0.1, 0.15) is 23.2 Å². The molecule has 1 aliphatic carbocycles. The molecule has 17 heavy (non-hydrogen) atoms. The highest BCUT2D eigenvalue weighted by Gasteiger charge is 2.32. The fourth-order valence-electron chi connectivity index (χ4n) is 2.36. The molecule has 0 aliphatic heterocycles. The number of fused-ring (bicyclic) bond motifs is 1. The van der Waals surface area contributed by atoms with E-state index in [4.69, 9.17) is 4.74 Å². The molecule has 88 valence electrons. The summed E-state index contributed by atoms with van der Waals surface area (Å²) < 4.78 is 7.32. The van der Waals surface area contributed by atoms with Crippen LogP contribution in [0.2, 0.25) is 0 Å². The van der Waals surface area contributed by atoms with Gasteiger partial charge in [0.05, 0.1) is 12.6 Å². The van der Waals surface area contributed by atoms with Crippen LogP contribution in [0.25, 0.3) is 10.9 Å². The van der Waals surface area contributed by atoms with Crippen molar-refractivity contribution in [2.75, 3.05) is 7.11 Å². The van der Waals surface area contributed by atoms with Gasteiger partial charge in [0, 0.05) is 30.1 Å². The van der Waals surface area contributed by atoms with Crippen molar-refractivity contribution in [3.63, 3.8) is 0 Å². The van der Waals surface area contributed by atoms with Crippen molar-refractivity contribution < 1.29 is 9.53 Å². The number of rotatable bonds is 3. The Hall–Kier alpha value is -1.77. The molecule has 1 heterocycles. The molecule has 3 rings (SSSR count). The van der Waals surface area contributed by atoms with E-state index >= 15 is 0 Å². The summed E-state index contributed by atoms with van der Waals surface area (Å²) in [7, 11) is 3.61. The van der Waals surface area contributed by atoms with Crippen LogP contribution in [-0.2, 0) is 7.05 Å². The van der Waals surface area contributed by atoms with Gasteiger partial charge in [-0.2, -0.15) is 0 Å². The van der Waals surface area contributed by atoms with Crippen LogP contribution in [-0.4, -0.2) is 17.5 Å². The van der Waals surface area contributed by atoms with E-state index in [0.717, 1.165) is 35.1 Å². The van der Waals surface area contributed by atoms with Gasteiger partial charge in [-0.25, -0.2) is 0 Å². The Labute approximate surface area is 100.0 Å². The lowest BCUT2D eigenvalue weighted by Gasteiger charge is -2.03. The van der Waals surface area contributed by atoms with Crippen molar-refractivity contribution in [3.8, 4) is 5.75 Å². The van der Waals surface area contributed by atoms with Crippen LogP contribution in [0.3, 0.4) is 0 Å². The van der Waals surface area contributed by atoms with Crippen molar-refractivity contribution in [2.45, 2.75) is 12.8 Å². The zero-order valence-corrected chi connectivity index (χ0v) is 10.1. The molecular weight excluding hydrogens is 214 g/mol.